The number of unbranched alkanes of at least 4 members (excludes halogenated alkanes) is 15. The highest BCUT2D eigenvalue weighted by Crippen LogP contribution is 2.43. The van der Waals surface area contributed by atoms with Gasteiger partial charge < -0.3 is 19.8 Å². The van der Waals surface area contributed by atoms with Gasteiger partial charge in [-0.3, -0.25) is 13.8 Å². The number of amides is 1. The van der Waals surface area contributed by atoms with E-state index >= 15 is 0 Å². The second-order valence-corrected chi connectivity index (χ2v) is 13.6. The van der Waals surface area contributed by atoms with Crippen LogP contribution in [0.5, 0.6) is 0 Å². The molecule has 0 spiro atoms. The molecule has 9 heteroatoms. The SMILES string of the molecule is CCCCCCCCCCCCC/C=C/C(O)C(COP(=O)(O)OCC[N+](C)(C)C)NC(=O)CCCCCCC. The molecule has 0 radical (unpaired) electrons. The highest BCUT2D eigenvalue weighted by Gasteiger charge is 2.27. The number of nitrogens with zero attached hydrogens (tertiary/aromatic N) is 1. The predicted octanol–water partition coefficient (Wildman–Crippen LogP) is 7.29. The lowest BCUT2D eigenvalue weighted by atomic mass is 10.0. The Morgan fingerprint density at radius 3 is 1.85 bits per heavy atom. The van der Waals surface area contributed by atoms with Crippen LogP contribution in [-0.4, -0.2) is 73.4 Å². The van der Waals surface area contributed by atoms with Crippen LogP contribution in [0.2, 0.25) is 0 Å². The van der Waals surface area contributed by atoms with Crippen LogP contribution < -0.4 is 5.32 Å². The van der Waals surface area contributed by atoms with Crippen LogP contribution in [-0.2, 0) is 18.4 Å². The first kappa shape index (κ1) is 39.2. The summed E-state index contributed by atoms with van der Waals surface area (Å²) in [5.41, 5.74) is 0. The molecule has 0 aromatic heterocycles. The number of quaternary nitrogens is 1. The summed E-state index contributed by atoms with van der Waals surface area (Å²) in [6.07, 6.45) is 23.0. The van der Waals surface area contributed by atoms with Crippen LogP contribution in [0.3, 0.4) is 0 Å². The summed E-state index contributed by atoms with van der Waals surface area (Å²) in [5.74, 6) is -0.193. The topological polar surface area (TPSA) is 105 Å². The summed E-state index contributed by atoms with van der Waals surface area (Å²) < 4.78 is 23.2. The van der Waals surface area contributed by atoms with Crippen LogP contribution in [0.25, 0.3) is 0 Å². The molecule has 0 heterocycles. The molecule has 0 rings (SSSR count). The standard InChI is InChI=1S/C31H63N2O6P/c1-6-8-10-12-13-14-15-16-17-18-19-21-22-24-30(34)29(32-31(35)25-23-20-11-9-7-2)28-39-40(36,37)38-27-26-33(3,4)5/h22,24,29-30,34H,6-21,23,25-28H2,1-5H3,(H-,32,35,36,37)/p+1/b24-22+. The highest BCUT2D eigenvalue weighted by molar-refractivity contribution is 7.47. The molecule has 40 heavy (non-hydrogen) atoms. The molecule has 8 nitrogen and oxygen atoms in total. The van der Waals surface area contributed by atoms with Crippen LogP contribution in [0.4, 0.5) is 0 Å². The Balaban J connectivity index is 4.56. The van der Waals surface area contributed by atoms with E-state index in [1.165, 1.54) is 57.8 Å². The monoisotopic (exact) mass is 591 g/mol. The Hall–Kier alpha value is -0.760. The van der Waals surface area contributed by atoms with Gasteiger partial charge in [0.1, 0.15) is 13.2 Å². The van der Waals surface area contributed by atoms with E-state index in [0.717, 1.165) is 51.4 Å². The highest BCUT2D eigenvalue weighted by atomic mass is 31.2. The smallest absolute Gasteiger partial charge is 0.387 e. The van der Waals surface area contributed by atoms with Gasteiger partial charge in [0, 0.05) is 6.42 Å². The van der Waals surface area contributed by atoms with E-state index in [2.05, 4.69) is 19.2 Å². The van der Waals surface area contributed by atoms with Gasteiger partial charge in [-0.25, -0.2) is 4.57 Å². The molecular weight excluding hydrogens is 527 g/mol. The maximum Gasteiger partial charge on any atom is 0.472 e. The lowest BCUT2D eigenvalue weighted by Gasteiger charge is -2.25. The van der Waals surface area contributed by atoms with Crippen LogP contribution >= 0.6 is 7.82 Å². The third-order valence-electron chi connectivity index (χ3n) is 7.01. The summed E-state index contributed by atoms with van der Waals surface area (Å²) >= 11 is 0. The third kappa shape index (κ3) is 26.2. The van der Waals surface area contributed by atoms with Crippen molar-refractivity contribution in [2.24, 2.45) is 0 Å². The van der Waals surface area contributed by atoms with Crippen molar-refractivity contribution in [3.8, 4) is 0 Å². The molecule has 3 atom stereocenters. The number of phosphoric acid groups is 1. The van der Waals surface area contributed by atoms with E-state index in [-0.39, 0.29) is 19.1 Å². The molecule has 1 amide bonds. The third-order valence-corrected chi connectivity index (χ3v) is 7.99. The molecule has 0 aromatic rings. The minimum atomic E-state index is -4.31. The number of hydrogen-bond acceptors (Lipinski definition) is 5. The van der Waals surface area contributed by atoms with Gasteiger partial charge in [-0.05, 0) is 19.3 Å². The molecule has 238 valence electrons. The number of allylic oxidation sites excluding steroid dienone is 1. The van der Waals surface area contributed by atoms with E-state index in [4.69, 9.17) is 9.05 Å². The average Bonchev–Trinajstić information content (AvgIpc) is 2.88. The summed E-state index contributed by atoms with van der Waals surface area (Å²) in [4.78, 5) is 22.6. The second-order valence-electron chi connectivity index (χ2n) is 12.2. The molecule has 0 fully saturated rings. The Labute approximate surface area is 246 Å². The number of carbonyl (C=O) groups excluding carboxylic acids is 1. The maximum atomic E-state index is 12.5. The lowest BCUT2D eigenvalue weighted by molar-refractivity contribution is -0.870. The minimum Gasteiger partial charge on any atom is -0.387 e. The molecule has 3 unspecified atom stereocenters. The fourth-order valence-electron chi connectivity index (χ4n) is 4.33. The molecule has 0 aliphatic carbocycles. The first-order valence-corrected chi connectivity index (χ1v) is 17.6. The van der Waals surface area contributed by atoms with Crippen molar-refractivity contribution in [2.45, 2.75) is 142 Å². The largest absolute Gasteiger partial charge is 0.472 e. The first-order valence-electron chi connectivity index (χ1n) is 16.1. The fraction of sp³-hybridized carbons (Fsp3) is 0.903. The van der Waals surface area contributed by atoms with Crippen molar-refractivity contribution in [3.05, 3.63) is 12.2 Å². The summed E-state index contributed by atoms with van der Waals surface area (Å²) in [7, 11) is 1.57. The Bertz CT molecular complexity index is 683. The fourth-order valence-corrected chi connectivity index (χ4v) is 5.07. The molecule has 0 aromatic carbocycles. The Kier molecular flexibility index (Phi) is 24.3. The molecule has 0 saturated carbocycles. The molecule has 3 N–H and O–H groups in total. The number of hydrogen-bond donors (Lipinski definition) is 3. The zero-order valence-corrected chi connectivity index (χ0v) is 27.5. The first-order chi connectivity index (χ1) is 19.0. The van der Waals surface area contributed by atoms with Gasteiger partial charge in [-0.1, -0.05) is 116 Å². The molecule has 0 aliphatic heterocycles. The van der Waals surface area contributed by atoms with E-state index in [1.807, 2.05) is 27.2 Å². The van der Waals surface area contributed by atoms with Gasteiger partial charge in [-0.15, -0.1) is 0 Å². The second kappa shape index (κ2) is 24.8. The van der Waals surface area contributed by atoms with Crippen LogP contribution in [0, 0.1) is 0 Å². The number of phosphoric ester groups is 1. The van der Waals surface area contributed by atoms with Crippen molar-refractivity contribution >= 4 is 13.7 Å². The van der Waals surface area contributed by atoms with Crippen molar-refractivity contribution in [2.75, 3.05) is 40.9 Å². The molecule has 0 aliphatic rings. The van der Waals surface area contributed by atoms with Crippen molar-refractivity contribution in [3.63, 3.8) is 0 Å². The number of aliphatic hydroxyl groups is 1. The maximum absolute atomic E-state index is 12.5. The molecule has 0 saturated heterocycles. The quantitative estimate of drug-likeness (QED) is 0.0382. The summed E-state index contributed by atoms with van der Waals surface area (Å²) in [6, 6.07) is -0.834. The van der Waals surface area contributed by atoms with Crippen molar-refractivity contribution in [1.29, 1.82) is 0 Å². The van der Waals surface area contributed by atoms with E-state index in [1.54, 1.807) is 6.08 Å². The van der Waals surface area contributed by atoms with Gasteiger partial charge in [0.2, 0.25) is 5.91 Å². The lowest BCUT2D eigenvalue weighted by Crippen LogP contribution is -2.45. The van der Waals surface area contributed by atoms with E-state index in [9.17, 15) is 19.4 Å². The number of nitrogens with one attached hydrogen (secondary N) is 1. The van der Waals surface area contributed by atoms with Crippen LogP contribution in [0.15, 0.2) is 12.2 Å². The number of rotatable bonds is 28. The van der Waals surface area contributed by atoms with E-state index in [0.29, 0.717) is 17.4 Å². The average molecular weight is 592 g/mol. The zero-order valence-electron chi connectivity index (χ0n) is 26.6. The van der Waals surface area contributed by atoms with Crippen molar-refractivity contribution < 1.29 is 32.9 Å². The summed E-state index contributed by atoms with van der Waals surface area (Å²) in [5, 5.41) is 13.6. The minimum absolute atomic E-state index is 0.0630. The van der Waals surface area contributed by atoms with Crippen LogP contribution in [0.1, 0.15) is 129 Å². The van der Waals surface area contributed by atoms with E-state index < -0.39 is 20.0 Å². The summed E-state index contributed by atoms with van der Waals surface area (Å²) in [6.45, 7) is 4.68. The van der Waals surface area contributed by atoms with Crippen molar-refractivity contribution in [1.82, 2.24) is 5.32 Å². The molecule has 0 bridgehead atoms. The zero-order chi connectivity index (χ0) is 30.1. The number of aliphatic hydroxyl groups excluding tert-OH is 1. The van der Waals surface area contributed by atoms with Gasteiger partial charge in [0.15, 0.2) is 0 Å². The Morgan fingerprint density at radius 1 is 0.825 bits per heavy atom. The predicted molar refractivity (Wildman–Crippen MR) is 166 cm³/mol. The Morgan fingerprint density at radius 2 is 1.32 bits per heavy atom. The van der Waals surface area contributed by atoms with Gasteiger partial charge in [-0.2, -0.15) is 0 Å². The normalized spacial score (nSPS) is 15.3. The molecular formula is C31H64N2O6P+. The number of likely N-dealkylation sites (N-methyl/N-ethyl adjacent to an activating group) is 1. The van der Waals surface area contributed by atoms with Gasteiger partial charge in [0.25, 0.3) is 0 Å². The number of carbonyl (C=O) groups is 1. The van der Waals surface area contributed by atoms with Gasteiger partial charge >= 0.3 is 7.82 Å². The van der Waals surface area contributed by atoms with Gasteiger partial charge in [0.05, 0.1) is 39.9 Å².